The van der Waals surface area contributed by atoms with Gasteiger partial charge in [-0.25, -0.2) is 0 Å². The summed E-state index contributed by atoms with van der Waals surface area (Å²) < 4.78 is 0. The molecule has 2 rings (SSSR count). The Labute approximate surface area is 92.6 Å². The molecule has 1 aliphatic carbocycles. The van der Waals surface area contributed by atoms with E-state index in [-0.39, 0.29) is 0 Å². The van der Waals surface area contributed by atoms with Gasteiger partial charge in [0.1, 0.15) is 0 Å². The van der Waals surface area contributed by atoms with Crippen LogP contribution in [-0.2, 0) is 4.79 Å². The van der Waals surface area contributed by atoms with E-state index >= 15 is 0 Å². The third-order valence-corrected chi connectivity index (χ3v) is 2.60. The van der Waals surface area contributed by atoms with Crippen molar-refractivity contribution in [1.82, 2.24) is 5.32 Å². The largest absolute Gasteiger partial charge is 0.355 e. The molecule has 1 aliphatic rings. The van der Waals surface area contributed by atoms with Crippen LogP contribution in [0.2, 0.25) is 0 Å². The van der Waals surface area contributed by atoms with Crippen LogP contribution in [0.15, 0.2) is 24.3 Å². The summed E-state index contributed by atoms with van der Waals surface area (Å²) in [6.07, 6.45) is 0. The summed E-state index contributed by atoms with van der Waals surface area (Å²) in [5.41, 5.74) is 0.701. The number of fused-ring (bicyclic) bond motifs is 1. The fourth-order valence-corrected chi connectivity index (χ4v) is 1.86. The highest BCUT2D eigenvalue weighted by Gasteiger charge is 2.42. The monoisotopic (exact) mass is 217 g/mol. The maximum absolute atomic E-state index is 11.8. The molecule has 4 nitrogen and oxygen atoms in total. The van der Waals surface area contributed by atoms with E-state index < -0.39 is 23.4 Å². The van der Waals surface area contributed by atoms with Crippen LogP contribution >= 0.6 is 0 Å². The number of carbonyl (C=O) groups is 3. The van der Waals surface area contributed by atoms with Gasteiger partial charge in [-0.15, -0.1) is 0 Å². The van der Waals surface area contributed by atoms with Gasteiger partial charge in [-0.3, -0.25) is 14.4 Å². The molecule has 4 heteroatoms. The maximum atomic E-state index is 11.8. The Morgan fingerprint density at radius 2 is 1.69 bits per heavy atom. The molecule has 0 heterocycles. The van der Waals surface area contributed by atoms with Gasteiger partial charge in [-0.2, -0.15) is 0 Å². The number of ketones is 2. The fraction of sp³-hybridized carbons (Fsp3) is 0.250. The van der Waals surface area contributed by atoms with Gasteiger partial charge in [0, 0.05) is 17.7 Å². The average Bonchev–Trinajstić information content (AvgIpc) is 2.53. The summed E-state index contributed by atoms with van der Waals surface area (Å²) in [6.45, 7) is 2.15. The van der Waals surface area contributed by atoms with Crippen molar-refractivity contribution in [1.29, 1.82) is 0 Å². The van der Waals surface area contributed by atoms with Gasteiger partial charge in [0.2, 0.25) is 5.91 Å². The van der Waals surface area contributed by atoms with Crippen LogP contribution in [0.3, 0.4) is 0 Å². The Balaban J connectivity index is 2.39. The van der Waals surface area contributed by atoms with Crippen LogP contribution in [0.25, 0.3) is 0 Å². The highest BCUT2D eigenvalue weighted by Crippen LogP contribution is 2.26. The van der Waals surface area contributed by atoms with Crippen molar-refractivity contribution in [3.05, 3.63) is 35.4 Å². The summed E-state index contributed by atoms with van der Waals surface area (Å²) in [4.78, 5) is 35.3. The predicted molar refractivity (Wildman–Crippen MR) is 57.3 cm³/mol. The van der Waals surface area contributed by atoms with Crippen molar-refractivity contribution < 1.29 is 14.4 Å². The minimum absolute atomic E-state index is 0.351. The Morgan fingerprint density at radius 3 is 2.12 bits per heavy atom. The lowest BCUT2D eigenvalue weighted by Crippen LogP contribution is -2.36. The van der Waals surface area contributed by atoms with Crippen molar-refractivity contribution in [2.24, 2.45) is 5.92 Å². The summed E-state index contributed by atoms with van der Waals surface area (Å²) in [5.74, 6) is -2.48. The first kappa shape index (κ1) is 10.5. The van der Waals surface area contributed by atoms with E-state index in [9.17, 15) is 14.4 Å². The van der Waals surface area contributed by atoms with Crippen molar-refractivity contribution >= 4 is 17.5 Å². The zero-order valence-corrected chi connectivity index (χ0v) is 8.82. The molecule has 0 radical (unpaired) electrons. The molecule has 0 atom stereocenters. The minimum Gasteiger partial charge on any atom is -0.355 e. The van der Waals surface area contributed by atoms with Gasteiger partial charge in [0.25, 0.3) is 0 Å². The lowest BCUT2D eigenvalue weighted by atomic mass is 10.0. The summed E-state index contributed by atoms with van der Waals surface area (Å²) in [7, 11) is 0. The average molecular weight is 217 g/mol. The number of amides is 1. The Kier molecular flexibility index (Phi) is 2.56. The molecule has 0 aliphatic heterocycles. The lowest BCUT2D eigenvalue weighted by molar-refractivity contribution is -0.122. The summed E-state index contributed by atoms with van der Waals surface area (Å²) >= 11 is 0. The number of rotatable bonds is 2. The van der Waals surface area contributed by atoms with Gasteiger partial charge in [-0.1, -0.05) is 24.3 Å². The molecule has 1 N–H and O–H groups in total. The Morgan fingerprint density at radius 1 is 1.19 bits per heavy atom. The highest BCUT2D eigenvalue weighted by molar-refractivity contribution is 6.35. The van der Waals surface area contributed by atoms with E-state index in [2.05, 4.69) is 5.32 Å². The molecular formula is C12H11NO3. The molecule has 0 spiro atoms. The molecule has 0 unspecified atom stereocenters. The second-order valence-electron chi connectivity index (χ2n) is 3.60. The van der Waals surface area contributed by atoms with Gasteiger partial charge < -0.3 is 5.32 Å². The molecule has 0 aromatic heterocycles. The number of nitrogens with one attached hydrogen (secondary N) is 1. The van der Waals surface area contributed by atoms with Gasteiger partial charge in [-0.05, 0) is 6.92 Å². The normalized spacial score (nSPS) is 15.1. The molecule has 1 amide bonds. The van der Waals surface area contributed by atoms with Crippen molar-refractivity contribution in [2.75, 3.05) is 6.54 Å². The molecule has 16 heavy (non-hydrogen) atoms. The third-order valence-electron chi connectivity index (χ3n) is 2.60. The zero-order chi connectivity index (χ0) is 11.7. The third kappa shape index (κ3) is 1.43. The van der Waals surface area contributed by atoms with Crippen LogP contribution in [0.1, 0.15) is 27.6 Å². The molecule has 82 valence electrons. The second kappa shape index (κ2) is 3.89. The number of hydrogen-bond acceptors (Lipinski definition) is 3. The number of carbonyl (C=O) groups excluding carboxylic acids is 3. The molecule has 1 aromatic carbocycles. The van der Waals surface area contributed by atoms with E-state index in [4.69, 9.17) is 0 Å². The van der Waals surface area contributed by atoms with Crippen LogP contribution in [0.4, 0.5) is 0 Å². The topological polar surface area (TPSA) is 63.2 Å². The highest BCUT2D eigenvalue weighted by atomic mass is 16.2. The van der Waals surface area contributed by atoms with Crippen molar-refractivity contribution in [3.8, 4) is 0 Å². The second-order valence-corrected chi connectivity index (χ2v) is 3.60. The zero-order valence-electron chi connectivity index (χ0n) is 8.82. The molecule has 1 aromatic rings. The number of Topliss-reactive ketones (excluding diaryl/α,β-unsaturated/α-hetero) is 2. The van der Waals surface area contributed by atoms with E-state index in [1.807, 2.05) is 0 Å². The maximum Gasteiger partial charge on any atom is 0.238 e. The molecule has 0 saturated carbocycles. The Bertz CT molecular complexity index is 444. The molecule has 0 saturated heterocycles. The first-order valence-electron chi connectivity index (χ1n) is 5.12. The smallest absolute Gasteiger partial charge is 0.238 e. The van der Waals surface area contributed by atoms with Crippen LogP contribution < -0.4 is 5.32 Å². The summed E-state index contributed by atoms with van der Waals surface area (Å²) in [6, 6.07) is 6.53. The first-order valence-corrected chi connectivity index (χ1v) is 5.12. The molecular weight excluding hydrogens is 206 g/mol. The number of hydrogen-bond donors (Lipinski definition) is 1. The summed E-state index contributed by atoms with van der Waals surface area (Å²) in [5, 5.41) is 2.50. The van der Waals surface area contributed by atoms with Gasteiger partial charge >= 0.3 is 0 Å². The van der Waals surface area contributed by atoms with Crippen molar-refractivity contribution in [3.63, 3.8) is 0 Å². The standard InChI is InChI=1S/C12H11NO3/c1-2-13-12(16)9-10(14)7-5-3-4-6-8(7)11(9)15/h3-6,9H,2H2,1H3,(H,13,16). The molecule has 0 fully saturated rings. The quantitative estimate of drug-likeness (QED) is 0.746. The Hall–Kier alpha value is -1.97. The predicted octanol–water partition coefficient (Wildman–Crippen LogP) is 0.818. The van der Waals surface area contributed by atoms with Crippen LogP contribution in [0.5, 0.6) is 0 Å². The van der Waals surface area contributed by atoms with E-state index in [1.165, 1.54) is 0 Å². The number of benzene rings is 1. The van der Waals surface area contributed by atoms with E-state index in [0.717, 1.165) is 0 Å². The molecule has 0 bridgehead atoms. The van der Waals surface area contributed by atoms with Gasteiger partial charge in [0.15, 0.2) is 17.5 Å². The minimum atomic E-state index is -1.18. The van der Waals surface area contributed by atoms with E-state index in [1.54, 1.807) is 31.2 Å². The van der Waals surface area contributed by atoms with Crippen LogP contribution in [0, 0.1) is 5.92 Å². The fourth-order valence-electron chi connectivity index (χ4n) is 1.86. The lowest BCUT2D eigenvalue weighted by Gasteiger charge is -2.05. The SMILES string of the molecule is CCNC(=O)C1C(=O)c2ccccc2C1=O. The van der Waals surface area contributed by atoms with Crippen LogP contribution in [-0.4, -0.2) is 24.0 Å². The van der Waals surface area contributed by atoms with Crippen molar-refractivity contribution in [2.45, 2.75) is 6.92 Å². The van der Waals surface area contributed by atoms with E-state index in [0.29, 0.717) is 17.7 Å². The first-order chi connectivity index (χ1) is 7.66. The van der Waals surface area contributed by atoms with Gasteiger partial charge in [0.05, 0.1) is 0 Å².